The average Bonchev–Trinajstić information content (AvgIpc) is 3.12. The molecule has 2 aromatic carbocycles. The van der Waals surface area contributed by atoms with Crippen LogP contribution in [0.5, 0.6) is 11.5 Å². The van der Waals surface area contributed by atoms with Gasteiger partial charge in [-0.15, -0.1) is 0 Å². The van der Waals surface area contributed by atoms with Crippen molar-refractivity contribution in [3.63, 3.8) is 0 Å². The van der Waals surface area contributed by atoms with Crippen molar-refractivity contribution in [1.82, 2.24) is 0 Å². The van der Waals surface area contributed by atoms with Gasteiger partial charge in [0.25, 0.3) is 5.91 Å². The Bertz CT molecular complexity index is 1000. The molecule has 0 fully saturated rings. The Morgan fingerprint density at radius 1 is 1.00 bits per heavy atom. The van der Waals surface area contributed by atoms with Gasteiger partial charge >= 0.3 is 5.97 Å². The average molecular weight is 398 g/mol. The van der Waals surface area contributed by atoms with E-state index in [-0.39, 0.29) is 35.3 Å². The fourth-order valence-electron chi connectivity index (χ4n) is 2.66. The van der Waals surface area contributed by atoms with Gasteiger partial charge in [0.05, 0.1) is 11.3 Å². The molecular formula is C20H18N2O7. The minimum Gasteiger partial charge on any atom is -0.454 e. The second-order valence-corrected chi connectivity index (χ2v) is 6.19. The molecule has 2 N–H and O–H groups in total. The Morgan fingerprint density at radius 2 is 1.72 bits per heavy atom. The fourth-order valence-corrected chi connectivity index (χ4v) is 2.66. The van der Waals surface area contributed by atoms with E-state index in [1.807, 2.05) is 0 Å². The summed E-state index contributed by atoms with van der Waals surface area (Å²) in [5.74, 6) is -1.09. The van der Waals surface area contributed by atoms with Crippen molar-refractivity contribution in [1.29, 1.82) is 0 Å². The van der Waals surface area contributed by atoms with E-state index in [0.717, 1.165) is 0 Å². The van der Waals surface area contributed by atoms with E-state index in [1.165, 1.54) is 38.1 Å². The first-order valence-corrected chi connectivity index (χ1v) is 8.62. The molecule has 29 heavy (non-hydrogen) atoms. The van der Waals surface area contributed by atoms with Crippen molar-refractivity contribution in [2.45, 2.75) is 13.8 Å². The first-order chi connectivity index (χ1) is 13.8. The summed E-state index contributed by atoms with van der Waals surface area (Å²) in [4.78, 5) is 47.3. The molecule has 0 aromatic heterocycles. The molecule has 1 heterocycles. The number of carbonyl (C=O) groups is 4. The molecule has 0 radical (unpaired) electrons. The molecule has 150 valence electrons. The second kappa shape index (κ2) is 8.42. The van der Waals surface area contributed by atoms with Crippen molar-refractivity contribution < 1.29 is 33.4 Å². The molecule has 2 aromatic rings. The number of nitrogens with one attached hydrogen (secondary N) is 2. The normalized spacial score (nSPS) is 11.5. The van der Waals surface area contributed by atoms with Gasteiger partial charge in [-0.25, -0.2) is 4.79 Å². The number of carbonyl (C=O) groups excluding carboxylic acids is 4. The highest BCUT2D eigenvalue weighted by Gasteiger charge is 2.21. The van der Waals surface area contributed by atoms with Gasteiger partial charge in [0.2, 0.25) is 12.7 Å². The van der Waals surface area contributed by atoms with Crippen molar-refractivity contribution >= 4 is 34.9 Å². The minimum absolute atomic E-state index is 0.0270. The van der Waals surface area contributed by atoms with Crippen LogP contribution in [0.25, 0.3) is 0 Å². The molecule has 0 spiro atoms. The number of Topliss-reactive ketones (excluding diaryl/α,β-unsaturated/α-hetero) is 1. The maximum Gasteiger partial charge on any atom is 0.338 e. The second-order valence-electron chi connectivity index (χ2n) is 6.19. The third kappa shape index (κ3) is 4.89. The summed E-state index contributed by atoms with van der Waals surface area (Å²) in [5, 5.41) is 5.09. The number of ether oxygens (including phenoxy) is 3. The van der Waals surface area contributed by atoms with Crippen LogP contribution in [0.3, 0.4) is 0 Å². The van der Waals surface area contributed by atoms with E-state index < -0.39 is 18.5 Å². The zero-order valence-corrected chi connectivity index (χ0v) is 15.7. The van der Waals surface area contributed by atoms with Crippen LogP contribution in [0.4, 0.5) is 11.4 Å². The molecule has 0 aliphatic carbocycles. The molecule has 9 heteroatoms. The molecule has 0 saturated heterocycles. The van der Waals surface area contributed by atoms with Crippen LogP contribution in [0, 0.1) is 0 Å². The Balaban J connectivity index is 1.64. The number of anilines is 2. The number of fused-ring (bicyclic) bond motifs is 1. The smallest absolute Gasteiger partial charge is 0.338 e. The Morgan fingerprint density at radius 3 is 2.41 bits per heavy atom. The van der Waals surface area contributed by atoms with Crippen LogP contribution in [0.15, 0.2) is 36.4 Å². The van der Waals surface area contributed by atoms with Gasteiger partial charge in [-0.1, -0.05) is 6.07 Å². The Labute approximate surface area is 165 Å². The van der Waals surface area contributed by atoms with Gasteiger partial charge in [0.1, 0.15) is 0 Å². The lowest BCUT2D eigenvalue weighted by atomic mass is 10.1. The standard InChI is InChI=1S/C20H18N2O7/c1-11(23)15-7-17-18(29-10-28-17)8-16(15)22-19(25)9-27-20(26)13-4-3-5-14(6-13)21-12(2)24/h3-8H,9-10H2,1-2H3,(H,21,24)(H,22,25). The topological polar surface area (TPSA) is 120 Å². The zero-order valence-electron chi connectivity index (χ0n) is 15.7. The van der Waals surface area contributed by atoms with Crippen molar-refractivity contribution in [3.8, 4) is 11.5 Å². The summed E-state index contributed by atoms with van der Waals surface area (Å²) >= 11 is 0. The zero-order chi connectivity index (χ0) is 21.0. The molecule has 1 aliphatic rings. The van der Waals surface area contributed by atoms with E-state index in [4.69, 9.17) is 14.2 Å². The number of hydrogen-bond donors (Lipinski definition) is 2. The number of benzene rings is 2. The molecule has 0 unspecified atom stereocenters. The van der Waals surface area contributed by atoms with Crippen LogP contribution in [-0.2, 0) is 14.3 Å². The molecule has 0 saturated carbocycles. The maximum atomic E-state index is 12.2. The summed E-state index contributed by atoms with van der Waals surface area (Å²) in [6, 6.07) is 9.10. The fraction of sp³-hybridized carbons (Fsp3) is 0.200. The summed E-state index contributed by atoms with van der Waals surface area (Å²) in [6.07, 6.45) is 0. The highest BCUT2D eigenvalue weighted by molar-refractivity contribution is 6.05. The van der Waals surface area contributed by atoms with Crippen LogP contribution in [0.1, 0.15) is 34.6 Å². The van der Waals surface area contributed by atoms with Crippen LogP contribution >= 0.6 is 0 Å². The number of rotatable bonds is 6. The third-order valence-corrected chi connectivity index (χ3v) is 3.92. The lowest BCUT2D eigenvalue weighted by molar-refractivity contribution is -0.119. The molecule has 0 bridgehead atoms. The highest BCUT2D eigenvalue weighted by Crippen LogP contribution is 2.37. The largest absolute Gasteiger partial charge is 0.454 e. The SMILES string of the molecule is CC(=O)Nc1cccc(C(=O)OCC(=O)Nc2cc3c(cc2C(C)=O)OCO3)c1. The third-order valence-electron chi connectivity index (χ3n) is 3.92. The van der Waals surface area contributed by atoms with E-state index in [0.29, 0.717) is 17.2 Å². The van der Waals surface area contributed by atoms with Gasteiger partial charge in [-0.05, 0) is 31.2 Å². The van der Waals surface area contributed by atoms with Gasteiger partial charge in [0, 0.05) is 24.2 Å². The number of hydrogen-bond acceptors (Lipinski definition) is 7. The lowest BCUT2D eigenvalue weighted by Crippen LogP contribution is -2.22. The quantitative estimate of drug-likeness (QED) is 0.566. The Hall–Kier alpha value is -3.88. The van der Waals surface area contributed by atoms with Gasteiger partial charge < -0.3 is 24.8 Å². The highest BCUT2D eigenvalue weighted by atomic mass is 16.7. The lowest BCUT2D eigenvalue weighted by Gasteiger charge is -2.11. The molecular weight excluding hydrogens is 380 g/mol. The van der Waals surface area contributed by atoms with Crippen molar-refractivity contribution in [2.75, 3.05) is 24.0 Å². The predicted octanol–water partition coefficient (Wildman–Crippen LogP) is 2.37. The van der Waals surface area contributed by atoms with Crippen LogP contribution in [-0.4, -0.2) is 37.0 Å². The molecule has 0 atom stereocenters. The first kappa shape index (κ1) is 19.9. The minimum atomic E-state index is -0.732. The van der Waals surface area contributed by atoms with Crippen LogP contribution in [0.2, 0.25) is 0 Å². The monoisotopic (exact) mass is 398 g/mol. The van der Waals surface area contributed by atoms with E-state index in [2.05, 4.69) is 10.6 Å². The first-order valence-electron chi connectivity index (χ1n) is 8.62. The van der Waals surface area contributed by atoms with E-state index >= 15 is 0 Å². The molecule has 3 rings (SSSR count). The van der Waals surface area contributed by atoms with Crippen molar-refractivity contribution in [2.24, 2.45) is 0 Å². The van der Waals surface area contributed by atoms with Gasteiger partial charge in [-0.2, -0.15) is 0 Å². The maximum absolute atomic E-state index is 12.2. The van der Waals surface area contributed by atoms with Gasteiger partial charge in [0.15, 0.2) is 23.9 Å². The summed E-state index contributed by atoms with van der Waals surface area (Å²) in [7, 11) is 0. The molecule has 9 nitrogen and oxygen atoms in total. The Kier molecular flexibility index (Phi) is 5.77. The summed E-state index contributed by atoms with van der Waals surface area (Å²) < 4.78 is 15.5. The van der Waals surface area contributed by atoms with Crippen LogP contribution < -0.4 is 20.1 Å². The van der Waals surface area contributed by atoms with E-state index in [9.17, 15) is 19.2 Å². The summed E-state index contributed by atoms with van der Waals surface area (Å²) in [6.45, 7) is 2.17. The number of amides is 2. The van der Waals surface area contributed by atoms with Gasteiger partial charge in [-0.3, -0.25) is 14.4 Å². The van der Waals surface area contributed by atoms with Crippen molar-refractivity contribution in [3.05, 3.63) is 47.5 Å². The molecule has 1 aliphatic heterocycles. The molecule has 2 amide bonds. The number of esters is 1. The predicted molar refractivity (Wildman–Crippen MR) is 102 cm³/mol. The summed E-state index contributed by atoms with van der Waals surface area (Å²) in [5.41, 5.74) is 1.09. The number of ketones is 1. The van der Waals surface area contributed by atoms with E-state index in [1.54, 1.807) is 12.1 Å².